The molecule has 4 aliphatic rings. The van der Waals surface area contributed by atoms with Crippen molar-refractivity contribution in [1.82, 2.24) is 30.0 Å². The maximum atomic E-state index is 15.0. The third-order valence-electron chi connectivity index (χ3n) is 12.5. The van der Waals surface area contributed by atoms with Gasteiger partial charge in [-0.25, -0.2) is 17.9 Å². The molecule has 3 aliphatic carbocycles. The van der Waals surface area contributed by atoms with Gasteiger partial charge in [0.1, 0.15) is 23.7 Å². The summed E-state index contributed by atoms with van der Waals surface area (Å²) >= 11 is 0. The molecule has 0 bridgehead atoms. The van der Waals surface area contributed by atoms with Gasteiger partial charge in [0.15, 0.2) is 0 Å². The number of benzene rings is 2. The van der Waals surface area contributed by atoms with E-state index in [0.29, 0.717) is 29.5 Å². The van der Waals surface area contributed by atoms with Crippen LogP contribution in [0.1, 0.15) is 71.8 Å². The number of likely N-dealkylation sites (tertiary alicyclic amines) is 1. The first kappa shape index (κ1) is 44.3. The third-order valence-corrected chi connectivity index (χ3v) is 14.3. The van der Waals surface area contributed by atoms with Crippen LogP contribution in [0.15, 0.2) is 72.2 Å². The van der Waals surface area contributed by atoms with E-state index in [4.69, 9.17) is 4.74 Å². The molecule has 0 spiro atoms. The molecule has 0 unspecified atom stereocenters. The van der Waals surface area contributed by atoms with Crippen LogP contribution >= 0.6 is 0 Å². The number of alkyl carbamates (subject to hydrolysis) is 1. The molecule has 1 saturated heterocycles. The topological polar surface area (TPSA) is 192 Å². The Hall–Kier alpha value is -5.71. The quantitative estimate of drug-likeness (QED) is 0.197. The molecule has 4 amide bonds. The van der Waals surface area contributed by atoms with Gasteiger partial charge in [-0.2, -0.15) is 5.10 Å². The Balaban J connectivity index is 1.27. The number of carbonyl (C=O) groups excluding carboxylic acids is 4. The molecule has 3 saturated carbocycles. The Morgan fingerprint density at radius 1 is 0.935 bits per heavy atom. The number of hydrogen-bond acceptors (Lipinski definition) is 11. The molecule has 2 heterocycles. The summed E-state index contributed by atoms with van der Waals surface area (Å²) in [5.41, 5.74) is 1.36. The zero-order chi connectivity index (χ0) is 44.9. The van der Waals surface area contributed by atoms with Crippen molar-refractivity contribution in [2.45, 2.75) is 101 Å². The molecule has 0 radical (unpaired) electrons. The first-order valence-corrected chi connectivity index (χ1v) is 22.7. The summed E-state index contributed by atoms with van der Waals surface area (Å²) in [7, 11) is 3.78. The number of nitrogens with one attached hydrogen (secondary N) is 3. The molecule has 332 valence electrons. The van der Waals surface area contributed by atoms with Crippen LogP contribution in [0, 0.1) is 11.3 Å². The molecule has 2 aromatic carbocycles. The predicted octanol–water partition coefficient (Wildman–Crippen LogP) is 4.21. The van der Waals surface area contributed by atoms with Gasteiger partial charge in [-0.05, 0) is 79.3 Å². The summed E-state index contributed by atoms with van der Waals surface area (Å²) < 4.78 is 34.8. The lowest BCUT2D eigenvalue weighted by Gasteiger charge is -2.36. The van der Waals surface area contributed by atoms with Gasteiger partial charge in [0.2, 0.25) is 21.8 Å². The smallest absolute Gasteiger partial charge is 0.408 e. The van der Waals surface area contributed by atoms with Crippen LogP contribution in [0.4, 0.5) is 16.2 Å². The molecule has 3 N–H and O–H groups in total. The van der Waals surface area contributed by atoms with Crippen molar-refractivity contribution in [3.63, 3.8) is 0 Å². The first-order valence-electron chi connectivity index (χ1n) is 21.2. The molecule has 1 aliphatic heterocycles. The van der Waals surface area contributed by atoms with Crippen LogP contribution < -0.4 is 30.7 Å². The number of rotatable bonds is 14. The van der Waals surface area contributed by atoms with Crippen LogP contribution in [0.5, 0.6) is 0 Å². The molecular weight excluding hydrogens is 813 g/mol. The van der Waals surface area contributed by atoms with Crippen molar-refractivity contribution in [1.29, 1.82) is 0 Å². The average Bonchev–Trinajstić information content (AvgIpc) is 4.14. The summed E-state index contributed by atoms with van der Waals surface area (Å²) in [6, 6.07) is 12.1. The number of anilines is 2. The van der Waals surface area contributed by atoms with Crippen LogP contribution in [-0.2, 0) is 29.1 Å². The summed E-state index contributed by atoms with van der Waals surface area (Å²) in [5.74, 6) is -2.77. The van der Waals surface area contributed by atoms with E-state index in [1.54, 1.807) is 27.0 Å². The van der Waals surface area contributed by atoms with E-state index in [1.165, 1.54) is 15.7 Å². The van der Waals surface area contributed by atoms with Crippen molar-refractivity contribution in [2.24, 2.45) is 11.3 Å². The Kier molecular flexibility index (Phi) is 12.1. The zero-order valence-corrected chi connectivity index (χ0v) is 37.3. The van der Waals surface area contributed by atoms with E-state index < -0.39 is 79.6 Å². The lowest BCUT2D eigenvalue weighted by molar-refractivity contribution is -0.142. The monoisotopic (exact) mass is 870 g/mol. The average molecular weight is 871 g/mol. The highest BCUT2D eigenvalue weighted by atomic mass is 32.2. The molecule has 4 fully saturated rings. The highest BCUT2D eigenvalue weighted by Crippen LogP contribution is 2.46. The number of ether oxygens (including phenoxy) is 1. The fraction of sp³-hybridized carbons (Fsp3) is 0.511. The Labute approximate surface area is 363 Å². The Bertz CT molecular complexity index is 2400. The Morgan fingerprint density at radius 2 is 1.53 bits per heavy atom. The van der Waals surface area contributed by atoms with Gasteiger partial charge in [0, 0.05) is 64.0 Å². The van der Waals surface area contributed by atoms with Crippen LogP contribution in [0.3, 0.4) is 0 Å². The second-order valence-electron chi connectivity index (χ2n) is 18.5. The summed E-state index contributed by atoms with van der Waals surface area (Å²) in [4.78, 5) is 76.6. The lowest BCUT2D eigenvalue weighted by Crippen LogP contribution is -2.60. The van der Waals surface area contributed by atoms with Crippen molar-refractivity contribution in [2.75, 3.05) is 44.5 Å². The van der Waals surface area contributed by atoms with Gasteiger partial charge in [-0.3, -0.25) is 23.9 Å². The van der Waals surface area contributed by atoms with E-state index in [1.807, 2.05) is 86.5 Å². The molecule has 3 aromatic rings. The summed E-state index contributed by atoms with van der Waals surface area (Å²) in [6.07, 6.45) is 5.39. The third kappa shape index (κ3) is 8.94. The van der Waals surface area contributed by atoms with Crippen molar-refractivity contribution in [3.05, 3.63) is 77.7 Å². The predicted molar refractivity (Wildman–Crippen MR) is 237 cm³/mol. The van der Waals surface area contributed by atoms with Crippen molar-refractivity contribution < 1.29 is 32.3 Å². The lowest BCUT2D eigenvalue weighted by atomic mass is 9.85. The number of aromatic nitrogens is 2. The van der Waals surface area contributed by atoms with Crippen LogP contribution in [0.25, 0.3) is 22.3 Å². The molecule has 7 rings (SSSR count). The number of nitrogens with zero attached hydrogens (tertiary/aromatic N) is 5. The number of carbonyl (C=O) groups is 4. The molecule has 62 heavy (non-hydrogen) atoms. The number of amides is 4. The van der Waals surface area contributed by atoms with E-state index in [-0.39, 0.29) is 25.5 Å². The van der Waals surface area contributed by atoms with E-state index in [2.05, 4.69) is 27.0 Å². The van der Waals surface area contributed by atoms with Crippen molar-refractivity contribution >= 4 is 45.2 Å². The van der Waals surface area contributed by atoms with Crippen LogP contribution in [-0.4, -0.2) is 111 Å². The van der Waals surface area contributed by atoms with Crippen LogP contribution in [0.2, 0.25) is 0 Å². The van der Waals surface area contributed by atoms with E-state index in [0.717, 1.165) is 36.2 Å². The maximum absolute atomic E-state index is 15.0. The second-order valence-corrected chi connectivity index (χ2v) is 20.5. The van der Waals surface area contributed by atoms with Gasteiger partial charge in [0.05, 0.1) is 23.1 Å². The SMILES string of the molecule is C=C[C@@H]1C[C@]1(NC(=O)[C@@H]1C[C@@H](n2ncc(-c3ccc(N(C)C)cc3)c(-c3ccc(N(C)C)cc3)c2=O)CN1C(=O)[C@@H](NC(=O)OC1CCC1)C(C)(C)C)C(=O)NS(=O)(=O)C1CC1. The van der Waals surface area contributed by atoms with E-state index >= 15 is 0 Å². The van der Waals surface area contributed by atoms with Crippen molar-refractivity contribution in [3.8, 4) is 22.3 Å². The second kappa shape index (κ2) is 16.9. The molecule has 16 nitrogen and oxygen atoms in total. The highest BCUT2D eigenvalue weighted by Gasteiger charge is 2.62. The number of hydrogen-bond donors (Lipinski definition) is 3. The summed E-state index contributed by atoms with van der Waals surface area (Å²) in [6.45, 7) is 9.00. The Morgan fingerprint density at radius 3 is 2.03 bits per heavy atom. The minimum absolute atomic E-state index is 0.0828. The standard InChI is InChI=1S/C45H58N8O8S/c1-9-29-24-45(29,42(57)49-62(59,60)34-21-22-34)48-39(54)36-23-32(26-52(36)41(56)38(44(2,3)4)47-43(58)61-33-11-10-12-33)53-40(55)37(28-15-19-31(20-16-28)51(7)8)35(25-46-53)27-13-17-30(18-14-27)50(5)6/h9,13-20,25,29,32-34,36,38H,1,10-12,21-24,26H2,2-8H3,(H,47,58)(H,48,54)(H,49,57)/t29-,32-,36+,38-,45-/m1/s1. The van der Waals surface area contributed by atoms with Gasteiger partial charge in [0.25, 0.3) is 11.5 Å². The van der Waals surface area contributed by atoms with Gasteiger partial charge in [-0.15, -0.1) is 6.58 Å². The fourth-order valence-corrected chi connectivity index (χ4v) is 9.56. The zero-order valence-electron chi connectivity index (χ0n) is 36.5. The molecule has 5 atom stereocenters. The van der Waals surface area contributed by atoms with Gasteiger partial charge in [-0.1, -0.05) is 51.1 Å². The number of sulfonamides is 1. The molecule has 17 heteroatoms. The molecule has 1 aromatic heterocycles. The molecular formula is C45H58N8O8S. The fourth-order valence-electron chi connectivity index (χ4n) is 8.20. The largest absolute Gasteiger partial charge is 0.446 e. The maximum Gasteiger partial charge on any atom is 0.408 e. The summed E-state index contributed by atoms with van der Waals surface area (Å²) in [5, 5.41) is 9.58. The van der Waals surface area contributed by atoms with Gasteiger partial charge < -0.3 is 30.1 Å². The van der Waals surface area contributed by atoms with E-state index in [9.17, 15) is 32.4 Å². The van der Waals surface area contributed by atoms with Gasteiger partial charge >= 0.3 is 6.09 Å². The highest BCUT2D eigenvalue weighted by molar-refractivity contribution is 7.91. The minimum atomic E-state index is -3.95. The normalized spacial score (nSPS) is 22.8. The minimum Gasteiger partial charge on any atom is -0.446 e. The first-order chi connectivity index (χ1) is 29.2.